The summed E-state index contributed by atoms with van der Waals surface area (Å²) in [5.74, 6) is 0.195. The lowest BCUT2D eigenvalue weighted by atomic mass is 10.2. The average Bonchev–Trinajstić information content (AvgIpc) is 3.02. The first-order chi connectivity index (χ1) is 13.3. The largest absolute Gasteiger partial charge is 0.417 e. The third kappa shape index (κ3) is 4.74. The highest BCUT2D eigenvalue weighted by atomic mass is 79.9. The molecule has 1 aromatic heterocycles. The van der Waals surface area contributed by atoms with E-state index in [9.17, 15) is 18.0 Å². The van der Waals surface area contributed by atoms with Crippen molar-refractivity contribution in [3.63, 3.8) is 0 Å². The van der Waals surface area contributed by atoms with Gasteiger partial charge in [0.05, 0.1) is 11.3 Å². The zero-order chi connectivity index (χ0) is 20.3. The SMILES string of the molecule is Cc1nnc(SCC(=O)Nc2ccc(Br)c(C(F)(F)F)c2)n1-c1ccccc1. The summed E-state index contributed by atoms with van der Waals surface area (Å²) in [7, 11) is 0. The van der Waals surface area contributed by atoms with Crippen molar-refractivity contribution in [2.45, 2.75) is 18.3 Å². The van der Waals surface area contributed by atoms with Crippen molar-refractivity contribution in [1.82, 2.24) is 14.8 Å². The van der Waals surface area contributed by atoms with Crippen molar-refractivity contribution in [2.75, 3.05) is 11.1 Å². The van der Waals surface area contributed by atoms with Crippen molar-refractivity contribution in [3.05, 3.63) is 64.4 Å². The van der Waals surface area contributed by atoms with Crippen molar-refractivity contribution in [2.24, 2.45) is 0 Å². The Morgan fingerprint density at radius 2 is 1.89 bits per heavy atom. The Bertz CT molecular complexity index is 992. The molecule has 3 aromatic rings. The molecule has 0 saturated carbocycles. The molecule has 28 heavy (non-hydrogen) atoms. The van der Waals surface area contributed by atoms with E-state index in [0.717, 1.165) is 23.5 Å². The van der Waals surface area contributed by atoms with Crippen LogP contribution in [0.15, 0.2) is 58.2 Å². The standard InChI is InChI=1S/C18H14BrF3N4OS/c1-11-24-25-17(26(11)13-5-3-2-4-6-13)28-10-16(27)23-12-7-8-15(19)14(9-12)18(20,21)22/h2-9H,10H2,1H3,(H,23,27). The molecule has 0 aliphatic heterocycles. The summed E-state index contributed by atoms with van der Waals surface area (Å²) in [5, 5.41) is 11.1. The zero-order valence-electron chi connectivity index (χ0n) is 14.5. The van der Waals surface area contributed by atoms with E-state index < -0.39 is 17.6 Å². The number of nitrogens with one attached hydrogen (secondary N) is 1. The van der Waals surface area contributed by atoms with Crippen LogP contribution < -0.4 is 5.32 Å². The minimum absolute atomic E-state index is 0.0254. The maximum Gasteiger partial charge on any atom is 0.417 e. The predicted molar refractivity (Wildman–Crippen MR) is 105 cm³/mol. The maximum absolute atomic E-state index is 13.0. The minimum Gasteiger partial charge on any atom is -0.325 e. The second-order valence-electron chi connectivity index (χ2n) is 5.73. The summed E-state index contributed by atoms with van der Waals surface area (Å²) >= 11 is 4.02. The lowest BCUT2D eigenvalue weighted by Crippen LogP contribution is -2.15. The van der Waals surface area contributed by atoms with E-state index in [0.29, 0.717) is 11.0 Å². The minimum atomic E-state index is -4.52. The molecule has 0 saturated heterocycles. The summed E-state index contributed by atoms with van der Waals surface area (Å²) in [4.78, 5) is 12.2. The van der Waals surface area contributed by atoms with Crippen LogP contribution in [0.2, 0.25) is 0 Å². The molecule has 5 nitrogen and oxygen atoms in total. The summed E-state index contributed by atoms with van der Waals surface area (Å²) in [5.41, 5.74) is 0.0786. The Labute approximate surface area is 171 Å². The number of amides is 1. The summed E-state index contributed by atoms with van der Waals surface area (Å²) in [6.45, 7) is 1.80. The van der Waals surface area contributed by atoms with E-state index in [-0.39, 0.29) is 15.9 Å². The molecule has 10 heteroatoms. The molecule has 0 aliphatic rings. The van der Waals surface area contributed by atoms with Crippen LogP contribution in [0.25, 0.3) is 5.69 Å². The van der Waals surface area contributed by atoms with Gasteiger partial charge in [0.25, 0.3) is 0 Å². The molecule has 0 aliphatic carbocycles. The highest BCUT2D eigenvalue weighted by Gasteiger charge is 2.33. The smallest absolute Gasteiger partial charge is 0.325 e. The van der Waals surface area contributed by atoms with Crippen LogP contribution in [-0.4, -0.2) is 26.4 Å². The quantitative estimate of drug-likeness (QED) is 0.527. The van der Waals surface area contributed by atoms with Crippen LogP contribution in [0, 0.1) is 6.92 Å². The highest BCUT2D eigenvalue weighted by molar-refractivity contribution is 9.10. The Balaban J connectivity index is 1.70. The van der Waals surface area contributed by atoms with Crippen LogP contribution in [0.3, 0.4) is 0 Å². The van der Waals surface area contributed by atoms with Crippen LogP contribution >= 0.6 is 27.7 Å². The average molecular weight is 471 g/mol. The number of anilines is 1. The van der Waals surface area contributed by atoms with Gasteiger partial charge in [0.1, 0.15) is 5.82 Å². The van der Waals surface area contributed by atoms with Crippen molar-refractivity contribution in [3.8, 4) is 5.69 Å². The van der Waals surface area contributed by atoms with Gasteiger partial charge in [-0.15, -0.1) is 10.2 Å². The Hall–Kier alpha value is -2.33. The fourth-order valence-corrected chi connectivity index (χ4v) is 3.73. The number of halogens is 4. The number of aryl methyl sites for hydroxylation is 1. The number of benzene rings is 2. The number of nitrogens with zero attached hydrogens (tertiary/aromatic N) is 3. The Morgan fingerprint density at radius 1 is 1.18 bits per heavy atom. The molecule has 1 N–H and O–H groups in total. The summed E-state index contributed by atoms with van der Waals surface area (Å²) < 4.78 is 40.7. The molecule has 1 heterocycles. The van der Waals surface area contributed by atoms with Gasteiger partial charge in [-0.1, -0.05) is 45.9 Å². The van der Waals surface area contributed by atoms with Gasteiger partial charge >= 0.3 is 6.18 Å². The molecule has 0 radical (unpaired) electrons. The van der Waals surface area contributed by atoms with Gasteiger partial charge in [0.15, 0.2) is 5.16 Å². The van der Waals surface area contributed by atoms with Gasteiger partial charge in [-0.25, -0.2) is 0 Å². The fraction of sp³-hybridized carbons (Fsp3) is 0.167. The molecular weight excluding hydrogens is 457 g/mol. The molecule has 3 rings (SSSR count). The summed E-state index contributed by atoms with van der Waals surface area (Å²) in [6.07, 6.45) is -4.52. The first-order valence-electron chi connectivity index (χ1n) is 8.02. The number of carbonyl (C=O) groups is 1. The number of carbonyl (C=O) groups excluding carboxylic acids is 1. The van der Waals surface area contributed by atoms with E-state index in [1.165, 1.54) is 12.1 Å². The van der Waals surface area contributed by atoms with Crippen LogP contribution in [0.5, 0.6) is 0 Å². The number of hydrogen-bond acceptors (Lipinski definition) is 4. The molecular formula is C18H14BrF3N4OS. The molecule has 0 unspecified atom stereocenters. The van der Waals surface area contributed by atoms with E-state index >= 15 is 0 Å². The molecule has 1 amide bonds. The zero-order valence-corrected chi connectivity index (χ0v) is 16.9. The second-order valence-corrected chi connectivity index (χ2v) is 7.53. The van der Waals surface area contributed by atoms with Crippen LogP contribution in [0.4, 0.5) is 18.9 Å². The van der Waals surface area contributed by atoms with Gasteiger partial charge in [0, 0.05) is 15.8 Å². The fourth-order valence-electron chi connectivity index (χ4n) is 2.46. The van der Waals surface area contributed by atoms with E-state index in [2.05, 4.69) is 31.4 Å². The van der Waals surface area contributed by atoms with Crippen molar-refractivity contribution < 1.29 is 18.0 Å². The molecule has 0 bridgehead atoms. The van der Waals surface area contributed by atoms with Crippen molar-refractivity contribution >= 4 is 39.3 Å². The number of hydrogen-bond donors (Lipinski definition) is 1. The first kappa shape index (κ1) is 20.4. The molecule has 2 aromatic carbocycles. The highest BCUT2D eigenvalue weighted by Crippen LogP contribution is 2.36. The lowest BCUT2D eigenvalue weighted by molar-refractivity contribution is -0.138. The molecule has 146 valence electrons. The van der Waals surface area contributed by atoms with Gasteiger partial charge in [-0.05, 0) is 37.3 Å². The predicted octanol–water partition coefficient (Wildman–Crippen LogP) is 5.09. The van der Waals surface area contributed by atoms with Gasteiger partial charge < -0.3 is 5.32 Å². The number of alkyl halides is 3. The Kier molecular flexibility index (Phi) is 6.09. The van der Waals surface area contributed by atoms with Gasteiger partial charge in [0.2, 0.25) is 5.91 Å². The van der Waals surface area contributed by atoms with Crippen LogP contribution in [-0.2, 0) is 11.0 Å². The lowest BCUT2D eigenvalue weighted by Gasteiger charge is -2.12. The van der Waals surface area contributed by atoms with E-state index in [1.807, 2.05) is 30.3 Å². The van der Waals surface area contributed by atoms with E-state index in [4.69, 9.17) is 0 Å². The molecule has 0 atom stereocenters. The Morgan fingerprint density at radius 3 is 2.57 bits per heavy atom. The number of para-hydroxylation sites is 1. The number of rotatable bonds is 5. The third-order valence-corrected chi connectivity index (χ3v) is 5.32. The molecule has 0 fully saturated rings. The summed E-state index contributed by atoms with van der Waals surface area (Å²) in [6, 6.07) is 13.0. The van der Waals surface area contributed by atoms with Gasteiger partial charge in [-0.2, -0.15) is 13.2 Å². The maximum atomic E-state index is 13.0. The molecule has 0 spiro atoms. The first-order valence-corrected chi connectivity index (χ1v) is 9.80. The van der Waals surface area contributed by atoms with Gasteiger partial charge in [-0.3, -0.25) is 9.36 Å². The van der Waals surface area contributed by atoms with E-state index in [1.54, 1.807) is 11.5 Å². The normalized spacial score (nSPS) is 11.5. The second kappa shape index (κ2) is 8.36. The topological polar surface area (TPSA) is 59.8 Å². The number of aromatic nitrogens is 3. The van der Waals surface area contributed by atoms with Crippen molar-refractivity contribution in [1.29, 1.82) is 0 Å². The number of thioether (sulfide) groups is 1. The van der Waals surface area contributed by atoms with Crippen LogP contribution in [0.1, 0.15) is 11.4 Å². The monoisotopic (exact) mass is 470 g/mol. The third-order valence-electron chi connectivity index (χ3n) is 3.70.